The Morgan fingerprint density at radius 2 is 2.00 bits per heavy atom. The molecule has 0 aliphatic rings. The van der Waals surface area contributed by atoms with Gasteiger partial charge in [-0.15, -0.1) is 0 Å². The van der Waals surface area contributed by atoms with E-state index in [0.29, 0.717) is 0 Å². The Morgan fingerprint density at radius 3 is 2.53 bits per heavy atom. The van der Waals surface area contributed by atoms with Gasteiger partial charge >= 0.3 is 0 Å². The van der Waals surface area contributed by atoms with E-state index in [2.05, 4.69) is 37.0 Å². The molecule has 0 amide bonds. The van der Waals surface area contributed by atoms with Gasteiger partial charge in [-0.3, -0.25) is 0 Å². The van der Waals surface area contributed by atoms with Crippen LogP contribution in [-0.2, 0) is 6.61 Å². The topological polar surface area (TPSA) is 38.0 Å². The summed E-state index contributed by atoms with van der Waals surface area (Å²) in [6.07, 6.45) is 0. The lowest BCUT2D eigenvalue weighted by Crippen LogP contribution is -2.03. The first-order chi connectivity index (χ1) is 8.04. The molecule has 0 spiro atoms. The van der Waals surface area contributed by atoms with Crippen molar-refractivity contribution < 1.29 is 5.11 Å². The van der Waals surface area contributed by atoms with Gasteiger partial charge in [0.25, 0.3) is 0 Å². The third kappa shape index (κ3) is 2.32. The van der Waals surface area contributed by atoms with Crippen LogP contribution in [0.4, 0.5) is 0 Å². The molecular weight excluding hydrogens is 348 g/mol. The van der Waals surface area contributed by atoms with Crippen LogP contribution in [0.1, 0.15) is 17.0 Å². The molecule has 2 rings (SSSR count). The third-order valence-corrected chi connectivity index (χ3v) is 4.28. The first-order valence-corrected chi connectivity index (χ1v) is 6.74. The van der Waals surface area contributed by atoms with Crippen LogP contribution in [0.5, 0.6) is 0 Å². The molecule has 0 radical (unpaired) electrons. The molecule has 17 heavy (non-hydrogen) atoms. The number of benzene rings is 1. The minimum absolute atomic E-state index is 0.00919. The molecule has 1 heterocycles. The van der Waals surface area contributed by atoms with Crippen LogP contribution < -0.4 is 0 Å². The Kier molecular flexibility index (Phi) is 3.70. The lowest BCUT2D eigenvalue weighted by molar-refractivity contribution is 0.281. The monoisotopic (exact) mass is 358 g/mol. The Balaban J connectivity index is 2.64. The second-order valence-corrected chi connectivity index (χ2v) is 5.54. The quantitative estimate of drug-likeness (QED) is 0.890. The van der Waals surface area contributed by atoms with E-state index in [1.807, 2.05) is 36.7 Å². The van der Waals surface area contributed by atoms with Crippen molar-refractivity contribution in [3.8, 4) is 5.69 Å². The van der Waals surface area contributed by atoms with Crippen LogP contribution >= 0.6 is 31.9 Å². The van der Waals surface area contributed by atoms with Gasteiger partial charge in [-0.25, -0.2) is 4.68 Å². The number of aliphatic hydroxyl groups is 1. The van der Waals surface area contributed by atoms with Crippen molar-refractivity contribution in [2.45, 2.75) is 20.5 Å². The highest BCUT2D eigenvalue weighted by atomic mass is 79.9. The molecule has 0 aliphatic heterocycles. The van der Waals surface area contributed by atoms with Gasteiger partial charge in [-0.1, -0.05) is 15.9 Å². The van der Waals surface area contributed by atoms with Crippen molar-refractivity contribution in [1.29, 1.82) is 0 Å². The molecule has 0 unspecified atom stereocenters. The van der Waals surface area contributed by atoms with E-state index in [0.717, 1.165) is 31.6 Å². The fourth-order valence-corrected chi connectivity index (χ4v) is 2.40. The van der Waals surface area contributed by atoms with Gasteiger partial charge in [0.1, 0.15) is 0 Å². The number of halogens is 2. The molecule has 2 aromatic rings. The fraction of sp³-hybridized carbons (Fsp3) is 0.250. The summed E-state index contributed by atoms with van der Waals surface area (Å²) in [7, 11) is 0. The van der Waals surface area contributed by atoms with Crippen molar-refractivity contribution in [1.82, 2.24) is 9.78 Å². The summed E-state index contributed by atoms with van der Waals surface area (Å²) in [6, 6.07) is 5.79. The second kappa shape index (κ2) is 4.92. The molecule has 1 aromatic heterocycles. The molecule has 1 N–H and O–H groups in total. The highest BCUT2D eigenvalue weighted by molar-refractivity contribution is 9.10. The number of hydrogen-bond acceptors (Lipinski definition) is 2. The van der Waals surface area contributed by atoms with Gasteiger partial charge < -0.3 is 5.11 Å². The van der Waals surface area contributed by atoms with Gasteiger partial charge in [0.2, 0.25) is 0 Å². The van der Waals surface area contributed by atoms with Gasteiger partial charge in [0.15, 0.2) is 0 Å². The molecule has 0 bridgehead atoms. The maximum atomic E-state index is 9.40. The summed E-state index contributed by atoms with van der Waals surface area (Å²) < 4.78 is 3.80. The minimum Gasteiger partial charge on any atom is -0.392 e. The first kappa shape index (κ1) is 12.8. The Bertz CT molecular complexity index is 564. The molecule has 5 heteroatoms. The van der Waals surface area contributed by atoms with Gasteiger partial charge in [-0.05, 0) is 48.0 Å². The van der Waals surface area contributed by atoms with Crippen LogP contribution in [-0.4, -0.2) is 14.9 Å². The average molecular weight is 360 g/mol. The second-order valence-electron chi connectivity index (χ2n) is 3.83. The van der Waals surface area contributed by atoms with Crippen molar-refractivity contribution in [3.63, 3.8) is 0 Å². The smallest absolute Gasteiger partial charge is 0.0743 e. The Labute approximate surface area is 117 Å². The third-order valence-electron chi connectivity index (χ3n) is 2.64. The van der Waals surface area contributed by atoms with Crippen molar-refractivity contribution in [2.24, 2.45) is 0 Å². The standard InChI is InChI=1S/C12H12Br2N2O/c1-7-12(14)8(2)16(15-7)11-4-3-10(13)5-9(11)6-17/h3-5,17H,6H2,1-2H3. The van der Waals surface area contributed by atoms with E-state index in [1.54, 1.807) is 0 Å². The zero-order valence-corrected chi connectivity index (χ0v) is 12.7. The molecule has 3 nitrogen and oxygen atoms in total. The molecule has 90 valence electrons. The highest BCUT2D eigenvalue weighted by Gasteiger charge is 2.13. The van der Waals surface area contributed by atoms with Crippen LogP contribution in [0.25, 0.3) is 5.69 Å². The van der Waals surface area contributed by atoms with Crippen LogP contribution in [0.2, 0.25) is 0 Å². The zero-order valence-electron chi connectivity index (χ0n) is 9.54. The summed E-state index contributed by atoms with van der Waals surface area (Å²) in [5.74, 6) is 0. The molecule has 0 fully saturated rings. The van der Waals surface area contributed by atoms with E-state index >= 15 is 0 Å². The predicted octanol–water partition coefficient (Wildman–Crippen LogP) is 3.51. The van der Waals surface area contributed by atoms with Crippen molar-refractivity contribution >= 4 is 31.9 Å². The van der Waals surface area contributed by atoms with E-state index < -0.39 is 0 Å². The van der Waals surface area contributed by atoms with Gasteiger partial charge in [-0.2, -0.15) is 5.10 Å². The molecule has 0 saturated carbocycles. The largest absolute Gasteiger partial charge is 0.392 e. The van der Waals surface area contributed by atoms with E-state index in [1.165, 1.54) is 0 Å². The SMILES string of the molecule is Cc1nn(-c2ccc(Br)cc2CO)c(C)c1Br. The molecule has 0 atom stereocenters. The van der Waals surface area contributed by atoms with Gasteiger partial charge in [0.05, 0.1) is 28.2 Å². The Morgan fingerprint density at radius 1 is 1.29 bits per heavy atom. The van der Waals surface area contributed by atoms with E-state index in [9.17, 15) is 5.11 Å². The predicted molar refractivity (Wildman–Crippen MR) is 74.4 cm³/mol. The first-order valence-electron chi connectivity index (χ1n) is 5.16. The van der Waals surface area contributed by atoms with Crippen molar-refractivity contribution in [3.05, 3.63) is 44.1 Å². The number of nitrogens with zero attached hydrogens (tertiary/aromatic N) is 2. The fourth-order valence-electron chi connectivity index (χ4n) is 1.75. The normalized spacial score (nSPS) is 10.9. The molecule has 1 aromatic carbocycles. The van der Waals surface area contributed by atoms with Crippen LogP contribution in [0.15, 0.2) is 27.1 Å². The Hall–Kier alpha value is -0.650. The summed E-state index contributed by atoms with van der Waals surface area (Å²) in [5, 5.41) is 13.9. The molecule has 0 aliphatic carbocycles. The van der Waals surface area contributed by atoms with Crippen molar-refractivity contribution in [2.75, 3.05) is 0 Å². The minimum atomic E-state index is -0.00919. The lowest BCUT2D eigenvalue weighted by atomic mass is 10.2. The number of rotatable bonds is 2. The maximum Gasteiger partial charge on any atom is 0.0743 e. The number of hydrogen-bond donors (Lipinski definition) is 1. The molecular formula is C12H12Br2N2O. The van der Waals surface area contributed by atoms with Gasteiger partial charge in [0, 0.05) is 10.0 Å². The summed E-state index contributed by atoms with van der Waals surface area (Å²) in [4.78, 5) is 0. The molecule has 0 saturated heterocycles. The highest BCUT2D eigenvalue weighted by Crippen LogP contribution is 2.26. The summed E-state index contributed by atoms with van der Waals surface area (Å²) >= 11 is 6.90. The number of aryl methyl sites for hydroxylation is 1. The number of aromatic nitrogens is 2. The summed E-state index contributed by atoms with van der Waals surface area (Å²) in [5.41, 5.74) is 3.72. The number of aliphatic hydroxyl groups excluding tert-OH is 1. The zero-order chi connectivity index (χ0) is 12.6. The van der Waals surface area contributed by atoms with Crippen LogP contribution in [0.3, 0.4) is 0 Å². The van der Waals surface area contributed by atoms with E-state index in [-0.39, 0.29) is 6.61 Å². The summed E-state index contributed by atoms with van der Waals surface area (Å²) in [6.45, 7) is 3.93. The lowest BCUT2D eigenvalue weighted by Gasteiger charge is -2.10. The maximum absolute atomic E-state index is 9.40. The average Bonchev–Trinajstić information content (AvgIpc) is 2.57. The van der Waals surface area contributed by atoms with Crippen LogP contribution in [0, 0.1) is 13.8 Å². The van der Waals surface area contributed by atoms with E-state index in [4.69, 9.17) is 0 Å².